The Bertz CT molecular complexity index is 1080. The van der Waals surface area contributed by atoms with Crippen molar-refractivity contribution >= 4 is 21.6 Å². The number of halogens is 1. The van der Waals surface area contributed by atoms with Crippen LogP contribution >= 0.6 is 11.6 Å². The smallest absolute Gasteiger partial charge is 0.213 e. The summed E-state index contributed by atoms with van der Waals surface area (Å²) in [4.78, 5) is 3.66. The Morgan fingerprint density at radius 1 is 1.03 bits per heavy atom. The molecule has 0 amide bonds. The lowest BCUT2D eigenvalue weighted by Gasteiger charge is -2.32. The zero-order chi connectivity index (χ0) is 21.7. The van der Waals surface area contributed by atoms with Gasteiger partial charge in [-0.1, -0.05) is 54.1 Å². The Labute approximate surface area is 187 Å². The molecule has 164 valence electrons. The van der Waals surface area contributed by atoms with E-state index in [4.69, 9.17) is 11.6 Å². The maximum atomic E-state index is 12.5. The molecule has 1 fully saturated rings. The second kappa shape index (κ2) is 9.86. The van der Waals surface area contributed by atoms with E-state index in [-0.39, 0.29) is 18.3 Å². The molecule has 31 heavy (non-hydrogen) atoms. The van der Waals surface area contributed by atoms with Gasteiger partial charge in [0.25, 0.3) is 0 Å². The minimum Gasteiger partial charge on any atom is -0.299 e. The van der Waals surface area contributed by atoms with Crippen LogP contribution in [0.15, 0.2) is 54.6 Å². The van der Waals surface area contributed by atoms with Crippen LogP contribution in [0.2, 0.25) is 5.02 Å². The maximum Gasteiger partial charge on any atom is 0.213 e. The van der Waals surface area contributed by atoms with Crippen LogP contribution in [0.3, 0.4) is 0 Å². The van der Waals surface area contributed by atoms with Crippen molar-refractivity contribution in [1.29, 1.82) is 0 Å². The maximum absolute atomic E-state index is 12.5. The number of hydrogen-bond donors (Lipinski definition) is 1. The fourth-order valence-corrected chi connectivity index (χ4v) is 5.00. The van der Waals surface area contributed by atoms with E-state index in [0.29, 0.717) is 5.82 Å². The molecule has 8 nitrogen and oxygen atoms in total. The summed E-state index contributed by atoms with van der Waals surface area (Å²) in [6.45, 7) is 2.70. The molecule has 1 saturated heterocycles. The summed E-state index contributed by atoms with van der Waals surface area (Å²) in [6.07, 6.45) is 1.57. The fraction of sp³-hybridized carbons (Fsp3) is 0.381. The zero-order valence-electron chi connectivity index (χ0n) is 17.1. The number of tetrazole rings is 1. The minimum absolute atomic E-state index is 0.0462. The van der Waals surface area contributed by atoms with E-state index >= 15 is 0 Å². The van der Waals surface area contributed by atoms with Crippen LogP contribution in [0, 0.1) is 0 Å². The molecule has 1 aromatic heterocycles. The second-order valence-electron chi connectivity index (χ2n) is 7.69. The third-order valence-electron chi connectivity index (χ3n) is 5.30. The topological polar surface area (TPSA) is 93.0 Å². The Hall–Kier alpha value is -2.33. The summed E-state index contributed by atoms with van der Waals surface area (Å²) < 4.78 is 27.9. The molecule has 2 heterocycles. The molecule has 1 N–H and O–H groups in total. The zero-order valence-corrected chi connectivity index (χ0v) is 18.6. The molecule has 0 spiro atoms. The van der Waals surface area contributed by atoms with E-state index in [1.807, 2.05) is 54.6 Å². The predicted octanol–water partition coefficient (Wildman–Crippen LogP) is 2.58. The van der Waals surface area contributed by atoms with Gasteiger partial charge in [0.2, 0.25) is 15.8 Å². The van der Waals surface area contributed by atoms with Crippen LogP contribution in [0.1, 0.15) is 18.4 Å². The quantitative estimate of drug-likeness (QED) is 0.555. The highest BCUT2D eigenvalue weighted by Crippen LogP contribution is 2.17. The van der Waals surface area contributed by atoms with Crippen molar-refractivity contribution in [2.45, 2.75) is 32.0 Å². The van der Waals surface area contributed by atoms with Gasteiger partial charge in [-0.2, -0.15) is 4.80 Å². The molecular formula is C21H25ClN6O2S. The number of hydrogen-bond acceptors (Lipinski definition) is 6. The third-order valence-corrected chi connectivity index (χ3v) is 6.96. The summed E-state index contributed by atoms with van der Waals surface area (Å²) in [7, 11) is -3.43. The Morgan fingerprint density at radius 3 is 2.45 bits per heavy atom. The summed E-state index contributed by atoms with van der Waals surface area (Å²) >= 11 is 5.94. The number of benzene rings is 2. The van der Waals surface area contributed by atoms with Gasteiger partial charge in [-0.3, -0.25) is 4.90 Å². The van der Waals surface area contributed by atoms with Crippen LogP contribution in [-0.4, -0.2) is 58.4 Å². The van der Waals surface area contributed by atoms with Crippen molar-refractivity contribution in [2.75, 3.05) is 18.8 Å². The third kappa shape index (κ3) is 6.33. The van der Waals surface area contributed by atoms with Gasteiger partial charge in [-0.05, 0) is 35.8 Å². The number of aryl methyl sites for hydroxylation is 1. The fourth-order valence-electron chi connectivity index (χ4n) is 3.61. The number of sulfonamides is 1. The van der Waals surface area contributed by atoms with Gasteiger partial charge in [-0.15, -0.1) is 10.2 Å². The molecule has 0 bridgehead atoms. The number of nitrogens with one attached hydrogen (secondary N) is 1. The Morgan fingerprint density at radius 2 is 1.74 bits per heavy atom. The standard InChI is InChI=1S/C21H25ClN6O2S/c22-19-8-6-17(7-9-19)16-27-12-10-20(11-13-27)25-31(29,30)15-14-28-24-21(23-26-28)18-4-2-1-3-5-18/h1-9,20,25H,10-16H2. The van der Waals surface area contributed by atoms with Crippen molar-refractivity contribution in [1.82, 2.24) is 29.8 Å². The van der Waals surface area contributed by atoms with Crippen LogP contribution in [0.25, 0.3) is 11.4 Å². The summed E-state index contributed by atoms with van der Waals surface area (Å²) in [5, 5.41) is 13.0. The van der Waals surface area contributed by atoms with Gasteiger partial charge >= 0.3 is 0 Å². The first-order valence-electron chi connectivity index (χ1n) is 10.3. The van der Waals surface area contributed by atoms with Crippen molar-refractivity contribution in [3.05, 3.63) is 65.2 Å². The van der Waals surface area contributed by atoms with E-state index in [0.717, 1.165) is 43.1 Å². The summed E-state index contributed by atoms with van der Waals surface area (Å²) in [5.41, 5.74) is 2.05. The van der Waals surface area contributed by atoms with Gasteiger partial charge in [0.15, 0.2) is 0 Å². The molecule has 0 radical (unpaired) electrons. The molecule has 3 aromatic rings. The van der Waals surface area contributed by atoms with Gasteiger partial charge in [-0.25, -0.2) is 13.1 Å². The van der Waals surface area contributed by atoms with Gasteiger partial charge in [0, 0.05) is 36.3 Å². The van der Waals surface area contributed by atoms with Crippen molar-refractivity contribution in [3.63, 3.8) is 0 Å². The molecule has 0 saturated carbocycles. The summed E-state index contributed by atoms with van der Waals surface area (Å²) in [5.74, 6) is 0.404. The van der Waals surface area contributed by atoms with Gasteiger partial charge < -0.3 is 0 Å². The van der Waals surface area contributed by atoms with Crippen LogP contribution in [-0.2, 0) is 23.1 Å². The first-order valence-corrected chi connectivity index (χ1v) is 12.3. The monoisotopic (exact) mass is 460 g/mol. The number of nitrogens with zero attached hydrogens (tertiary/aromatic N) is 5. The highest BCUT2D eigenvalue weighted by molar-refractivity contribution is 7.89. The van der Waals surface area contributed by atoms with E-state index in [1.54, 1.807) is 0 Å². The van der Waals surface area contributed by atoms with Crippen LogP contribution in [0.4, 0.5) is 0 Å². The first kappa shape index (κ1) is 21.9. The largest absolute Gasteiger partial charge is 0.299 e. The highest BCUT2D eigenvalue weighted by Gasteiger charge is 2.23. The van der Waals surface area contributed by atoms with Crippen LogP contribution < -0.4 is 4.72 Å². The van der Waals surface area contributed by atoms with E-state index in [9.17, 15) is 8.42 Å². The average molecular weight is 461 g/mol. The van der Waals surface area contributed by atoms with Gasteiger partial charge in [0.05, 0.1) is 12.3 Å². The van der Waals surface area contributed by atoms with Crippen molar-refractivity contribution < 1.29 is 8.42 Å². The molecule has 1 aliphatic rings. The lowest BCUT2D eigenvalue weighted by molar-refractivity contribution is 0.200. The van der Waals surface area contributed by atoms with Gasteiger partial charge in [0.1, 0.15) is 0 Å². The molecule has 4 rings (SSSR count). The number of piperidine rings is 1. The van der Waals surface area contributed by atoms with E-state index in [1.165, 1.54) is 10.4 Å². The minimum atomic E-state index is -3.43. The number of rotatable bonds is 8. The van der Waals surface area contributed by atoms with E-state index < -0.39 is 10.0 Å². The summed E-state index contributed by atoms with van der Waals surface area (Å²) in [6, 6.07) is 17.3. The molecule has 10 heteroatoms. The predicted molar refractivity (Wildman–Crippen MR) is 120 cm³/mol. The van der Waals surface area contributed by atoms with E-state index in [2.05, 4.69) is 25.0 Å². The second-order valence-corrected chi connectivity index (χ2v) is 10.00. The molecule has 2 aromatic carbocycles. The Balaban J connectivity index is 1.23. The van der Waals surface area contributed by atoms with Crippen LogP contribution in [0.5, 0.6) is 0 Å². The first-order chi connectivity index (χ1) is 15.0. The SMILES string of the molecule is O=S(=O)(CCn1nnc(-c2ccccc2)n1)NC1CCN(Cc2ccc(Cl)cc2)CC1. The van der Waals surface area contributed by atoms with Crippen molar-refractivity contribution in [3.8, 4) is 11.4 Å². The molecule has 0 aliphatic carbocycles. The highest BCUT2D eigenvalue weighted by atomic mass is 35.5. The lowest BCUT2D eigenvalue weighted by Crippen LogP contribution is -2.45. The van der Waals surface area contributed by atoms with Crippen molar-refractivity contribution in [2.24, 2.45) is 0 Å². The average Bonchev–Trinajstić information content (AvgIpc) is 3.25. The Kier molecular flexibility index (Phi) is 6.96. The normalized spacial score (nSPS) is 15.9. The molecule has 1 aliphatic heterocycles. The molecule has 0 atom stereocenters. The molecule has 0 unspecified atom stereocenters. The number of likely N-dealkylation sites (tertiary alicyclic amines) is 1. The number of aromatic nitrogens is 4. The molecular weight excluding hydrogens is 436 g/mol. The lowest BCUT2D eigenvalue weighted by atomic mass is 10.1.